The van der Waals surface area contributed by atoms with Gasteiger partial charge in [-0.25, -0.2) is 9.78 Å². The van der Waals surface area contributed by atoms with E-state index < -0.39 is 5.79 Å². The van der Waals surface area contributed by atoms with Gasteiger partial charge in [-0.15, -0.1) is 0 Å². The minimum absolute atomic E-state index is 0.284. The molecule has 116 valence electrons. The van der Waals surface area contributed by atoms with Crippen molar-refractivity contribution in [1.29, 1.82) is 0 Å². The standard InChI is InChI=1S/C15H20ClNO4/c16-13-5-7-14(8-6-13)17-11-18-20-15(21-19-12-17)9-3-1-2-4-10-15/h5-8H,1-4,9-12H2. The molecule has 1 aliphatic heterocycles. The second kappa shape index (κ2) is 6.94. The van der Waals surface area contributed by atoms with Gasteiger partial charge < -0.3 is 4.90 Å². The fraction of sp³-hybridized carbons (Fsp3) is 0.600. The Bertz CT molecular complexity index is 433. The molecule has 1 aromatic rings. The molecule has 5 nitrogen and oxygen atoms in total. The lowest BCUT2D eigenvalue weighted by atomic mass is 10.1. The van der Waals surface area contributed by atoms with Crippen LogP contribution in [-0.4, -0.2) is 19.2 Å². The summed E-state index contributed by atoms with van der Waals surface area (Å²) in [6.07, 6.45) is 6.12. The topological polar surface area (TPSA) is 40.2 Å². The van der Waals surface area contributed by atoms with E-state index in [1.807, 2.05) is 29.2 Å². The number of benzene rings is 1. The van der Waals surface area contributed by atoms with Crippen LogP contribution in [0.25, 0.3) is 0 Å². The third kappa shape index (κ3) is 3.87. The summed E-state index contributed by atoms with van der Waals surface area (Å²) < 4.78 is 0. The van der Waals surface area contributed by atoms with Crippen LogP contribution in [0, 0.1) is 0 Å². The molecular weight excluding hydrogens is 294 g/mol. The quantitative estimate of drug-likeness (QED) is 0.732. The van der Waals surface area contributed by atoms with E-state index >= 15 is 0 Å². The number of halogens is 1. The van der Waals surface area contributed by atoms with E-state index in [4.69, 9.17) is 31.2 Å². The maximum absolute atomic E-state index is 5.89. The van der Waals surface area contributed by atoms with Gasteiger partial charge in [-0.3, -0.25) is 0 Å². The first kappa shape index (κ1) is 15.1. The monoisotopic (exact) mass is 313 g/mol. The third-order valence-corrected chi connectivity index (χ3v) is 4.15. The molecule has 0 bridgehead atoms. The van der Waals surface area contributed by atoms with E-state index in [0.717, 1.165) is 31.4 Å². The van der Waals surface area contributed by atoms with Crippen molar-refractivity contribution in [1.82, 2.24) is 0 Å². The van der Waals surface area contributed by atoms with Gasteiger partial charge in [0.05, 0.1) is 0 Å². The SMILES string of the molecule is Clc1ccc(N2COOC3(CCCCCC3)OOC2)cc1. The highest BCUT2D eigenvalue weighted by Gasteiger charge is 2.37. The smallest absolute Gasteiger partial charge is 0.234 e. The zero-order valence-electron chi connectivity index (χ0n) is 11.9. The first-order valence-corrected chi connectivity index (χ1v) is 7.77. The summed E-state index contributed by atoms with van der Waals surface area (Å²) in [4.78, 5) is 23.8. The Morgan fingerprint density at radius 2 is 1.43 bits per heavy atom. The summed E-state index contributed by atoms with van der Waals surface area (Å²) in [5.74, 6) is -0.747. The molecule has 0 N–H and O–H groups in total. The molecule has 0 atom stereocenters. The molecule has 2 aliphatic rings. The van der Waals surface area contributed by atoms with Crippen molar-refractivity contribution < 1.29 is 19.6 Å². The summed E-state index contributed by atoms with van der Waals surface area (Å²) in [5, 5.41) is 0.692. The average Bonchev–Trinajstić information content (AvgIpc) is 2.70. The molecule has 0 aromatic heterocycles. The molecule has 21 heavy (non-hydrogen) atoms. The highest BCUT2D eigenvalue weighted by molar-refractivity contribution is 6.30. The molecule has 1 saturated carbocycles. The molecule has 0 unspecified atom stereocenters. The summed E-state index contributed by atoms with van der Waals surface area (Å²) in [6.45, 7) is 0.569. The van der Waals surface area contributed by atoms with Crippen LogP contribution in [0.2, 0.25) is 5.02 Å². The predicted octanol–water partition coefficient (Wildman–Crippen LogP) is 4.02. The number of hydrogen-bond acceptors (Lipinski definition) is 5. The van der Waals surface area contributed by atoms with E-state index in [1.54, 1.807) is 0 Å². The van der Waals surface area contributed by atoms with Crippen LogP contribution in [0.1, 0.15) is 38.5 Å². The van der Waals surface area contributed by atoms with Crippen LogP contribution in [0.4, 0.5) is 5.69 Å². The Labute approximate surface area is 129 Å². The molecule has 0 amide bonds. The third-order valence-electron chi connectivity index (χ3n) is 3.90. The average molecular weight is 314 g/mol. The Balaban J connectivity index is 1.61. The van der Waals surface area contributed by atoms with Gasteiger partial charge in [-0.1, -0.05) is 24.4 Å². The number of nitrogens with zero attached hydrogens (tertiary/aromatic N) is 1. The molecule has 3 rings (SSSR count). The Kier molecular flexibility index (Phi) is 4.98. The van der Waals surface area contributed by atoms with E-state index in [2.05, 4.69) is 0 Å². The lowest BCUT2D eigenvalue weighted by molar-refractivity contribution is -0.524. The van der Waals surface area contributed by atoms with Crippen molar-refractivity contribution in [3.05, 3.63) is 29.3 Å². The molecule has 1 aliphatic carbocycles. The molecule has 1 spiro atoms. The fourth-order valence-electron chi connectivity index (χ4n) is 2.68. The minimum Gasteiger partial charge on any atom is -0.320 e. The van der Waals surface area contributed by atoms with Gasteiger partial charge in [-0.2, -0.15) is 9.78 Å². The van der Waals surface area contributed by atoms with Crippen LogP contribution in [0.5, 0.6) is 0 Å². The van der Waals surface area contributed by atoms with Crippen molar-refractivity contribution in [2.45, 2.75) is 44.3 Å². The van der Waals surface area contributed by atoms with Gasteiger partial charge in [0, 0.05) is 23.6 Å². The maximum atomic E-state index is 5.89. The minimum atomic E-state index is -0.747. The molecule has 0 radical (unpaired) electrons. The molecule has 6 heteroatoms. The van der Waals surface area contributed by atoms with Crippen LogP contribution in [-0.2, 0) is 19.6 Å². The van der Waals surface area contributed by atoms with Crippen molar-refractivity contribution in [2.24, 2.45) is 0 Å². The number of anilines is 1. The van der Waals surface area contributed by atoms with Crippen LogP contribution in [0.3, 0.4) is 0 Å². The molecule has 1 saturated heterocycles. The number of hydrogen-bond donors (Lipinski definition) is 0. The van der Waals surface area contributed by atoms with Crippen molar-refractivity contribution in [3.8, 4) is 0 Å². The Morgan fingerprint density at radius 3 is 2.00 bits per heavy atom. The lowest BCUT2D eigenvalue weighted by Gasteiger charge is -2.34. The van der Waals surface area contributed by atoms with Gasteiger partial charge in [0.2, 0.25) is 5.79 Å². The van der Waals surface area contributed by atoms with E-state index in [-0.39, 0.29) is 13.5 Å². The predicted molar refractivity (Wildman–Crippen MR) is 78.4 cm³/mol. The summed E-state index contributed by atoms with van der Waals surface area (Å²) in [5.41, 5.74) is 0.934. The van der Waals surface area contributed by atoms with Gasteiger partial charge in [0.25, 0.3) is 0 Å². The summed E-state index contributed by atoms with van der Waals surface area (Å²) in [6, 6.07) is 7.45. The van der Waals surface area contributed by atoms with E-state index in [0.29, 0.717) is 5.02 Å². The maximum Gasteiger partial charge on any atom is 0.234 e. The first-order valence-electron chi connectivity index (χ1n) is 7.39. The normalized spacial score (nSPS) is 23.4. The molecule has 2 fully saturated rings. The zero-order chi connectivity index (χ0) is 14.5. The van der Waals surface area contributed by atoms with Gasteiger partial charge >= 0.3 is 0 Å². The summed E-state index contributed by atoms with van der Waals surface area (Å²) >= 11 is 5.89. The summed E-state index contributed by atoms with van der Waals surface area (Å²) in [7, 11) is 0. The van der Waals surface area contributed by atoms with Gasteiger partial charge in [0.15, 0.2) is 13.5 Å². The van der Waals surface area contributed by atoms with E-state index in [9.17, 15) is 0 Å². The van der Waals surface area contributed by atoms with Gasteiger partial charge in [0.1, 0.15) is 0 Å². The van der Waals surface area contributed by atoms with Crippen LogP contribution in [0.15, 0.2) is 24.3 Å². The molecule has 1 heterocycles. The lowest BCUT2D eigenvalue weighted by Crippen LogP contribution is -2.42. The van der Waals surface area contributed by atoms with Crippen molar-refractivity contribution >= 4 is 17.3 Å². The second-order valence-electron chi connectivity index (χ2n) is 5.50. The number of rotatable bonds is 1. The van der Waals surface area contributed by atoms with Crippen molar-refractivity contribution in [3.63, 3.8) is 0 Å². The van der Waals surface area contributed by atoms with Crippen molar-refractivity contribution in [2.75, 3.05) is 18.4 Å². The Hall–Kier alpha value is -0.850. The zero-order valence-corrected chi connectivity index (χ0v) is 12.7. The van der Waals surface area contributed by atoms with E-state index in [1.165, 1.54) is 12.8 Å². The molecular formula is C15H20ClNO4. The van der Waals surface area contributed by atoms with Gasteiger partial charge in [-0.05, 0) is 37.1 Å². The highest BCUT2D eigenvalue weighted by atomic mass is 35.5. The van der Waals surface area contributed by atoms with Crippen LogP contribution >= 0.6 is 11.6 Å². The van der Waals surface area contributed by atoms with Crippen LogP contribution < -0.4 is 4.90 Å². The largest absolute Gasteiger partial charge is 0.320 e. The first-order chi connectivity index (χ1) is 10.3. The Morgan fingerprint density at radius 1 is 0.857 bits per heavy atom. The molecule has 1 aromatic carbocycles. The highest BCUT2D eigenvalue weighted by Crippen LogP contribution is 2.33. The fourth-order valence-corrected chi connectivity index (χ4v) is 2.81. The second-order valence-corrected chi connectivity index (χ2v) is 5.94.